The van der Waals surface area contributed by atoms with Gasteiger partial charge in [-0.05, 0) is 38.8 Å². The van der Waals surface area contributed by atoms with E-state index in [0.717, 1.165) is 25.9 Å². The molecule has 0 aliphatic carbocycles. The Morgan fingerprint density at radius 2 is 1.95 bits per heavy atom. The Morgan fingerprint density at radius 3 is 2.45 bits per heavy atom. The molecule has 1 aromatic heterocycles. The number of aromatic nitrogens is 2. The average Bonchev–Trinajstić information content (AvgIpc) is 3.10. The van der Waals surface area contributed by atoms with E-state index in [2.05, 4.69) is 23.8 Å². The van der Waals surface area contributed by atoms with Gasteiger partial charge in [0.15, 0.2) is 5.75 Å². The molecule has 20 heavy (non-hydrogen) atoms. The van der Waals surface area contributed by atoms with Crippen molar-refractivity contribution in [1.29, 1.82) is 0 Å². The van der Waals surface area contributed by atoms with Crippen molar-refractivity contribution in [3.8, 4) is 5.75 Å². The first-order valence-electron chi connectivity index (χ1n) is 7.46. The maximum absolute atomic E-state index is 13.2. The van der Waals surface area contributed by atoms with Crippen LogP contribution < -0.4 is 4.74 Å². The molecule has 1 aromatic rings. The van der Waals surface area contributed by atoms with Crippen LogP contribution in [0.4, 0.5) is 0 Å². The minimum Gasteiger partial charge on any atom is -0.493 e. The molecule has 1 aliphatic heterocycles. The maximum atomic E-state index is 13.2. The lowest BCUT2D eigenvalue weighted by Gasteiger charge is -2.39. The summed E-state index contributed by atoms with van der Waals surface area (Å²) in [4.78, 5) is 15.5. The summed E-state index contributed by atoms with van der Waals surface area (Å²) in [6.07, 6.45) is 5.61. The smallest absolute Gasteiger partial charge is 0.204 e. The number of carbonyl (C=O) groups is 1. The molecule has 0 saturated carbocycles. The number of carbonyl (C=O) groups excluding carboxylic acids is 1. The first kappa shape index (κ1) is 15.0. The third-order valence-corrected chi connectivity index (χ3v) is 4.64. The van der Waals surface area contributed by atoms with Gasteiger partial charge in [-0.15, -0.1) is 0 Å². The summed E-state index contributed by atoms with van der Waals surface area (Å²) in [5, 5.41) is 4.17. The molecule has 0 aromatic carbocycles. The van der Waals surface area contributed by atoms with E-state index in [1.807, 2.05) is 0 Å². The van der Waals surface area contributed by atoms with E-state index in [0.29, 0.717) is 11.4 Å². The lowest BCUT2D eigenvalue weighted by Crippen LogP contribution is -2.53. The van der Waals surface area contributed by atoms with Crippen LogP contribution in [0.2, 0.25) is 0 Å². The van der Waals surface area contributed by atoms with Gasteiger partial charge in [0.25, 0.3) is 0 Å². The molecule has 5 nitrogen and oxygen atoms in total. The van der Waals surface area contributed by atoms with Crippen LogP contribution in [-0.2, 0) is 7.05 Å². The van der Waals surface area contributed by atoms with Gasteiger partial charge >= 0.3 is 0 Å². The number of methoxy groups -OCH3 is 1. The zero-order valence-electron chi connectivity index (χ0n) is 13.0. The second-order valence-electron chi connectivity index (χ2n) is 5.45. The van der Waals surface area contributed by atoms with Crippen molar-refractivity contribution < 1.29 is 9.53 Å². The number of rotatable bonds is 6. The normalized spacial score (nSPS) is 16.6. The number of hydrogen-bond donors (Lipinski definition) is 0. The van der Waals surface area contributed by atoms with Gasteiger partial charge in [-0.1, -0.05) is 13.8 Å². The Bertz CT molecular complexity index is 471. The van der Waals surface area contributed by atoms with Crippen molar-refractivity contribution in [2.45, 2.75) is 45.1 Å². The highest BCUT2D eigenvalue weighted by molar-refractivity contribution is 6.04. The SMILES string of the molecule is CCC(CC)(C(=O)c1c(OC)cnn1C)N1CCCC1. The van der Waals surface area contributed by atoms with Crippen molar-refractivity contribution in [2.24, 2.45) is 7.05 Å². The Balaban J connectivity index is 2.43. The zero-order chi connectivity index (χ0) is 14.8. The van der Waals surface area contributed by atoms with E-state index >= 15 is 0 Å². The lowest BCUT2D eigenvalue weighted by atomic mass is 9.84. The third-order valence-electron chi connectivity index (χ3n) is 4.64. The van der Waals surface area contributed by atoms with E-state index in [1.165, 1.54) is 12.8 Å². The molecule has 0 radical (unpaired) electrons. The highest BCUT2D eigenvalue weighted by atomic mass is 16.5. The molecule has 1 fully saturated rings. The molecule has 1 aliphatic rings. The second-order valence-corrected chi connectivity index (χ2v) is 5.45. The fourth-order valence-electron chi connectivity index (χ4n) is 3.35. The van der Waals surface area contributed by atoms with Crippen LogP contribution in [0.3, 0.4) is 0 Å². The van der Waals surface area contributed by atoms with Crippen LogP contribution in [0.5, 0.6) is 5.75 Å². The van der Waals surface area contributed by atoms with Gasteiger partial charge < -0.3 is 4.74 Å². The quantitative estimate of drug-likeness (QED) is 0.749. The molecule has 5 heteroatoms. The number of likely N-dealkylation sites (tertiary alicyclic amines) is 1. The highest BCUT2D eigenvalue weighted by Crippen LogP contribution is 2.34. The standard InChI is InChI=1S/C15H25N3O2/c1-5-15(6-2,18-9-7-8-10-18)14(19)13-12(20-4)11-16-17(13)3/h11H,5-10H2,1-4H3. The number of ether oxygens (including phenoxy) is 1. The molecule has 0 amide bonds. The van der Waals surface area contributed by atoms with Crippen molar-refractivity contribution in [2.75, 3.05) is 20.2 Å². The van der Waals surface area contributed by atoms with Gasteiger partial charge in [-0.2, -0.15) is 5.10 Å². The van der Waals surface area contributed by atoms with Crippen LogP contribution in [0.15, 0.2) is 6.20 Å². The summed E-state index contributed by atoms with van der Waals surface area (Å²) in [5.74, 6) is 0.712. The molecule has 0 N–H and O–H groups in total. The van der Waals surface area contributed by atoms with Crippen LogP contribution >= 0.6 is 0 Å². The van der Waals surface area contributed by atoms with E-state index in [4.69, 9.17) is 4.74 Å². The molecule has 2 heterocycles. The number of Topliss-reactive ketones (excluding diaryl/α,β-unsaturated/α-hetero) is 1. The Hall–Kier alpha value is -1.36. The minimum atomic E-state index is -0.419. The average molecular weight is 279 g/mol. The summed E-state index contributed by atoms with van der Waals surface area (Å²) < 4.78 is 6.95. The Labute approximate surface area is 120 Å². The van der Waals surface area contributed by atoms with Gasteiger partial charge in [0.2, 0.25) is 5.78 Å². The lowest BCUT2D eigenvalue weighted by molar-refractivity contribution is 0.0568. The Morgan fingerprint density at radius 1 is 1.35 bits per heavy atom. The molecule has 0 atom stereocenters. The van der Waals surface area contributed by atoms with Crippen LogP contribution in [-0.4, -0.2) is 46.2 Å². The number of ketones is 1. The molecule has 1 saturated heterocycles. The summed E-state index contributed by atoms with van der Waals surface area (Å²) in [6, 6.07) is 0. The van der Waals surface area contributed by atoms with Crippen LogP contribution in [0, 0.1) is 0 Å². The molecule has 0 spiro atoms. The van der Waals surface area contributed by atoms with Gasteiger partial charge in [0, 0.05) is 7.05 Å². The van der Waals surface area contributed by atoms with Crippen LogP contribution in [0.25, 0.3) is 0 Å². The fourth-order valence-corrected chi connectivity index (χ4v) is 3.35. The van der Waals surface area contributed by atoms with Crippen molar-refractivity contribution in [1.82, 2.24) is 14.7 Å². The van der Waals surface area contributed by atoms with Crippen molar-refractivity contribution in [3.05, 3.63) is 11.9 Å². The van der Waals surface area contributed by atoms with Gasteiger partial charge in [0.1, 0.15) is 5.69 Å². The number of aryl methyl sites for hydroxylation is 1. The van der Waals surface area contributed by atoms with Gasteiger partial charge in [-0.3, -0.25) is 14.4 Å². The molecule has 0 bridgehead atoms. The van der Waals surface area contributed by atoms with Gasteiger partial charge in [-0.25, -0.2) is 0 Å². The molecule has 0 unspecified atom stereocenters. The molecule has 2 rings (SSSR count). The van der Waals surface area contributed by atoms with Crippen molar-refractivity contribution in [3.63, 3.8) is 0 Å². The highest BCUT2D eigenvalue weighted by Gasteiger charge is 2.44. The Kier molecular flexibility index (Phi) is 4.48. The molecular formula is C15H25N3O2. The number of nitrogens with zero attached hydrogens (tertiary/aromatic N) is 3. The topological polar surface area (TPSA) is 47.4 Å². The maximum Gasteiger partial charge on any atom is 0.204 e. The first-order chi connectivity index (χ1) is 9.60. The predicted octanol–water partition coefficient (Wildman–Crippen LogP) is 2.27. The monoisotopic (exact) mass is 279 g/mol. The largest absolute Gasteiger partial charge is 0.493 e. The van der Waals surface area contributed by atoms with Crippen molar-refractivity contribution >= 4 is 5.78 Å². The fraction of sp³-hybridized carbons (Fsp3) is 0.733. The van der Waals surface area contributed by atoms with Gasteiger partial charge in [0.05, 0.1) is 18.8 Å². The summed E-state index contributed by atoms with van der Waals surface area (Å²) in [6.45, 7) is 6.21. The zero-order valence-corrected chi connectivity index (χ0v) is 13.0. The van der Waals surface area contributed by atoms with Crippen LogP contribution in [0.1, 0.15) is 50.0 Å². The van der Waals surface area contributed by atoms with E-state index in [-0.39, 0.29) is 5.78 Å². The minimum absolute atomic E-state index is 0.140. The van der Waals surface area contributed by atoms with E-state index in [9.17, 15) is 4.79 Å². The number of hydrogen-bond acceptors (Lipinski definition) is 4. The third kappa shape index (κ3) is 2.24. The van der Waals surface area contributed by atoms with E-state index in [1.54, 1.807) is 25.0 Å². The second kappa shape index (κ2) is 5.95. The molecular weight excluding hydrogens is 254 g/mol. The predicted molar refractivity (Wildman–Crippen MR) is 78.2 cm³/mol. The van der Waals surface area contributed by atoms with E-state index < -0.39 is 5.54 Å². The summed E-state index contributed by atoms with van der Waals surface area (Å²) >= 11 is 0. The summed E-state index contributed by atoms with van der Waals surface area (Å²) in [7, 11) is 3.39. The summed E-state index contributed by atoms with van der Waals surface area (Å²) in [5.41, 5.74) is 0.167. The molecule has 112 valence electrons. The first-order valence-corrected chi connectivity index (χ1v) is 7.46.